The van der Waals surface area contributed by atoms with E-state index in [2.05, 4.69) is 6.58 Å². The molecule has 16 heavy (non-hydrogen) atoms. The van der Waals surface area contributed by atoms with Crippen molar-refractivity contribution in [2.24, 2.45) is 0 Å². The molecule has 0 aromatic heterocycles. The summed E-state index contributed by atoms with van der Waals surface area (Å²) < 4.78 is 9.63. The van der Waals surface area contributed by atoms with E-state index in [4.69, 9.17) is 9.47 Å². The smallest absolute Gasteiger partial charge is 0.330 e. The van der Waals surface area contributed by atoms with Crippen molar-refractivity contribution < 1.29 is 19.1 Å². The maximum absolute atomic E-state index is 11.1. The molecule has 0 amide bonds. The van der Waals surface area contributed by atoms with Gasteiger partial charge in [-0.15, -0.1) is 0 Å². The summed E-state index contributed by atoms with van der Waals surface area (Å²) in [6.07, 6.45) is 6.94. The van der Waals surface area contributed by atoms with Crippen LogP contribution < -0.4 is 0 Å². The lowest BCUT2D eigenvalue weighted by Crippen LogP contribution is -2.20. The first-order chi connectivity index (χ1) is 7.60. The van der Waals surface area contributed by atoms with Crippen LogP contribution in [0.5, 0.6) is 0 Å². The maximum Gasteiger partial charge on any atom is 0.330 e. The molecular formula is C12H16O4. The Morgan fingerprint density at radius 1 is 1.31 bits per heavy atom. The molecule has 88 valence electrons. The Hall–Kier alpha value is -1.84. The molecule has 0 aliphatic rings. The number of carbonyl (C=O) groups is 2. The monoisotopic (exact) mass is 224 g/mol. The summed E-state index contributed by atoms with van der Waals surface area (Å²) in [7, 11) is 0. The van der Waals surface area contributed by atoms with Gasteiger partial charge in [0.25, 0.3) is 0 Å². The van der Waals surface area contributed by atoms with Gasteiger partial charge < -0.3 is 9.47 Å². The molecule has 0 N–H and O–H groups in total. The second-order valence-electron chi connectivity index (χ2n) is 2.97. The normalized spacial score (nSPS) is 12.6. The largest absolute Gasteiger partial charge is 0.459 e. The zero-order chi connectivity index (χ0) is 12.4. The molecule has 0 rings (SSSR count). The zero-order valence-electron chi connectivity index (χ0n) is 9.51. The molecule has 0 aliphatic heterocycles. The second-order valence-corrected chi connectivity index (χ2v) is 2.97. The van der Waals surface area contributed by atoms with Gasteiger partial charge in [0.05, 0.1) is 0 Å². The van der Waals surface area contributed by atoms with Crippen molar-refractivity contribution in [3.8, 4) is 0 Å². The minimum Gasteiger partial charge on any atom is -0.459 e. The Bertz CT molecular complexity index is 302. The molecular weight excluding hydrogens is 208 g/mol. The number of carbonyl (C=O) groups excluding carboxylic acids is 2. The Morgan fingerprint density at radius 2 is 2.00 bits per heavy atom. The number of hydrogen-bond donors (Lipinski definition) is 0. The Labute approximate surface area is 95.2 Å². The first kappa shape index (κ1) is 14.2. The fourth-order valence-electron chi connectivity index (χ4n) is 0.773. The second kappa shape index (κ2) is 8.47. The summed E-state index contributed by atoms with van der Waals surface area (Å²) in [6.45, 7) is 6.75. The van der Waals surface area contributed by atoms with Crippen LogP contribution in [0.15, 0.2) is 37.0 Å². The quantitative estimate of drug-likeness (QED) is 0.392. The van der Waals surface area contributed by atoms with E-state index in [1.54, 1.807) is 25.2 Å². The fourth-order valence-corrected chi connectivity index (χ4v) is 0.773. The van der Waals surface area contributed by atoms with Gasteiger partial charge in [0.2, 0.25) is 0 Å². The van der Waals surface area contributed by atoms with Crippen LogP contribution in [0, 0.1) is 0 Å². The minimum atomic E-state index is -0.534. The van der Waals surface area contributed by atoms with Crippen LogP contribution in [0.4, 0.5) is 0 Å². The van der Waals surface area contributed by atoms with E-state index >= 15 is 0 Å². The van der Waals surface area contributed by atoms with E-state index in [1.807, 2.05) is 6.92 Å². The standard InChI is InChI=1S/C12H16O4/c1-4-6-7-8-12(14)15-9-10(3)16-11(13)5-2/h4-8,10H,2,9H2,1,3H3/b6-4+,8-7+. The van der Waals surface area contributed by atoms with Crippen LogP contribution in [0.1, 0.15) is 13.8 Å². The molecule has 1 unspecified atom stereocenters. The highest BCUT2D eigenvalue weighted by molar-refractivity contribution is 5.82. The van der Waals surface area contributed by atoms with Crippen molar-refractivity contribution in [1.29, 1.82) is 0 Å². The number of allylic oxidation sites excluding steroid dienone is 3. The first-order valence-electron chi connectivity index (χ1n) is 4.89. The minimum absolute atomic E-state index is 0.0264. The van der Waals surface area contributed by atoms with Crippen LogP contribution in [-0.4, -0.2) is 24.6 Å². The zero-order valence-corrected chi connectivity index (χ0v) is 9.51. The van der Waals surface area contributed by atoms with Gasteiger partial charge >= 0.3 is 11.9 Å². The van der Waals surface area contributed by atoms with Crippen molar-refractivity contribution in [3.05, 3.63) is 37.0 Å². The summed E-state index contributed by atoms with van der Waals surface area (Å²) in [5, 5.41) is 0. The van der Waals surface area contributed by atoms with E-state index < -0.39 is 18.0 Å². The average Bonchev–Trinajstić information content (AvgIpc) is 2.26. The molecule has 4 nitrogen and oxygen atoms in total. The van der Waals surface area contributed by atoms with Crippen molar-refractivity contribution in [2.45, 2.75) is 20.0 Å². The van der Waals surface area contributed by atoms with Gasteiger partial charge in [0, 0.05) is 12.2 Å². The van der Waals surface area contributed by atoms with E-state index in [1.165, 1.54) is 6.08 Å². The molecule has 4 heteroatoms. The first-order valence-corrected chi connectivity index (χ1v) is 4.89. The van der Waals surface area contributed by atoms with Gasteiger partial charge in [0.1, 0.15) is 12.7 Å². The molecule has 0 aromatic carbocycles. The van der Waals surface area contributed by atoms with Gasteiger partial charge in [-0.3, -0.25) is 0 Å². The van der Waals surface area contributed by atoms with Crippen molar-refractivity contribution in [3.63, 3.8) is 0 Å². The average molecular weight is 224 g/mol. The van der Waals surface area contributed by atoms with Crippen molar-refractivity contribution in [1.82, 2.24) is 0 Å². The third-order valence-electron chi connectivity index (χ3n) is 1.48. The summed E-state index contributed by atoms with van der Waals surface area (Å²) in [4.78, 5) is 21.8. The lowest BCUT2D eigenvalue weighted by Gasteiger charge is -2.10. The highest BCUT2D eigenvalue weighted by atomic mass is 16.6. The van der Waals surface area contributed by atoms with Crippen LogP contribution in [0.2, 0.25) is 0 Å². The molecule has 0 heterocycles. The molecule has 0 radical (unpaired) electrons. The predicted octanol–water partition coefficient (Wildman–Crippen LogP) is 1.78. The Kier molecular flexibility index (Phi) is 7.49. The summed E-state index contributed by atoms with van der Waals surface area (Å²) in [5.41, 5.74) is 0. The van der Waals surface area contributed by atoms with Crippen LogP contribution in [0.3, 0.4) is 0 Å². The van der Waals surface area contributed by atoms with Gasteiger partial charge in [-0.25, -0.2) is 9.59 Å². The van der Waals surface area contributed by atoms with Gasteiger partial charge in [-0.1, -0.05) is 24.8 Å². The third kappa shape index (κ3) is 7.55. The van der Waals surface area contributed by atoms with Crippen LogP contribution in [0.25, 0.3) is 0 Å². The number of hydrogen-bond acceptors (Lipinski definition) is 4. The highest BCUT2D eigenvalue weighted by Gasteiger charge is 2.08. The van der Waals surface area contributed by atoms with E-state index in [0.717, 1.165) is 6.08 Å². The molecule has 0 aromatic rings. The summed E-state index contributed by atoms with van der Waals surface area (Å²) in [5.74, 6) is -1.01. The van der Waals surface area contributed by atoms with Crippen LogP contribution in [-0.2, 0) is 19.1 Å². The summed E-state index contributed by atoms with van der Waals surface area (Å²) >= 11 is 0. The van der Waals surface area contributed by atoms with E-state index in [9.17, 15) is 9.59 Å². The lowest BCUT2D eigenvalue weighted by atomic mass is 10.4. The predicted molar refractivity (Wildman–Crippen MR) is 60.7 cm³/mol. The fraction of sp³-hybridized carbons (Fsp3) is 0.333. The number of ether oxygens (including phenoxy) is 2. The molecule has 0 aliphatic carbocycles. The molecule has 0 fully saturated rings. The molecule has 0 spiro atoms. The maximum atomic E-state index is 11.1. The van der Waals surface area contributed by atoms with Gasteiger partial charge in [0.15, 0.2) is 0 Å². The van der Waals surface area contributed by atoms with E-state index in [0.29, 0.717) is 0 Å². The Morgan fingerprint density at radius 3 is 2.56 bits per heavy atom. The topological polar surface area (TPSA) is 52.6 Å². The number of rotatable bonds is 6. The Balaban J connectivity index is 3.83. The van der Waals surface area contributed by atoms with Gasteiger partial charge in [-0.2, -0.15) is 0 Å². The molecule has 1 atom stereocenters. The lowest BCUT2D eigenvalue weighted by molar-refractivity contribution is -0.151. The summed E-state index contributed by atoms with van der Waals surface area (Å²) in [6, 6.07) is 0. The van der Waals surface area contributed by atoms with Crippen molar-refractivity contribution >= 4 is 11.9 Å². The SMILES string of the molecule is C=CC(=O)OC(C)COC(=O)/C=C/C=C/C. The third-order valence-corrected chi connectivity index (χ3v) is 1.48. The number of esters is 2. The molecule has 0 saturated heterocycles. The molecule has 0 saturated carbocycles. The highest BCUT2D eigenvalue weighted by Crippen LogP contribution is 1.94. The van der Waals surface area contributed by atoms with E-state index in [-0.39, 0.29) is 6.61 Å². The van der Waals surface area contributed by atoms with Crippen LogP contribution >= 0.6 is 0 Å². The van der Waals surface area contributed by atoms with Crippen molar-refractivity contribution in [2.75, 3.05) is 6.61 Å². The molecule has 0 bridgehead atoms. The van der Waals surface area contributed by atoms with Gasteiger partial charge in [-0.05, 0) is 13.8 Å².